The summed E-state index contributed by atoms with van der Waals surface area (Å²) < 4.78 is 13.5. The molecule has 2 unspecified atom stereocenters. The lowest BCUT2D eigenvalue weighted by Crippen LogP contribution is -2.34. The highest BCUT2D eigenvalue weighted by atomic mass is 19.1. The van der Waals surface area contributed by atoms with Crippen molar-refractivity contribution in [1.82, 2.24) is 4.90 Å². The Kier molecular flexibility index (Phi) is 3.27. The van der Waals surface area contributed by atoms with E-state index in [1.165, 1.54) is 0 Å². The third kappa shape index (κ3) is 2.41. The summed E-state index contributed by atoms with van der Waals surface area (Å²) in [5.74, 6) is 0. The minimum absolute atomic E-state index is 0.296. The summed E-state index contributed by atoms with van der Waals surface area (Å²) >= 11 is 0. The Hall–Kier alpha value is -0.620. The standard InChI is InChI=1S/C10H17FN2/c1-3-4-9(2)13-6-5-10(11,7-12)8-13/h9H,3-6,8H2,1-2H3. The SMILES string of the molecule is CCCC(C)N1CCC(F)(C#N)C1. The lowest BCUT2D eigenvalue weighted by atomic mass is 10.1. The molecule has 0 spiro atoms. The molecule has 0 saturated carbocycles. The van der Waals surface area contributed by atoms with Crippen LogP contribution in [0.2, 0.25) is 0 Å². The summed E-state index contributed by atoms with van der Waals surface area (Å²) in [5, 5.41) is 8.60. The van der Waals surface area contributed by atoms with Crippen LogP contribution in [0.15, 0.2) is 0 Å². The minimum atomic E-state index is -1.58. The normalized spacial score (nSPS) is 31.5. The molecule has 1 fully saturated rings. The van der Waals surface area contributed by atoms with Gasteiger partial charge in [0, 0.05) is 25.6 Å². The summed E-state index contributed by atoms with van der Waals surface area (Å²) in [6.45, 7) is 5.25. The lowest BCUT2D eigenvalue weighted by molar-refractivity contribution is 0.193. The fraction of sp³-hybridized carbons (Fsp3) is 0.900. The van der Waals surface area contributed by atoms with Gasteiger partial charge in [-0.3, -0.25) is 4.90 Å². The van der Waals surface area contributed by atoms with Crippen LogP contribution in [-0.2, 0) is 0 Å². The van der Waals surface area contributed by atoms with Crippen molar-refractivity contribution in [3.05, 3.63) is 0 Å². The highest BCUT2D eigenvalue weighted by Crippen LogP contribution is 2.27. The van der Waals surface area contributed by atoms with E-state index in [9.17, 15) is 4.39 Å². The van der Waals surface area contributed by atoms with Gasteiger partial charge in [-0.05, 0) is 13.3 Å². The summed E-state index contributed by atoms with van der Waals surface area (Å²) in [5.41, 5.74) is -1.58. The predicted octanol–water partition coefficient (Wildman–Crippen LogP) is 2.11. The van der Waals surface area contributed by atoms with Gasteiger partial charge in [-0.2, -0.15) is 5.26 Å². The zero-order valence-corrected chi connectivity index (χ0v) is 8.39. The first-order chi connectivity index (χ1) is 6.11. The van der Waals surface area contributed by atoms with E-state index in [2.05, 4.69) is 18.7 Å². The zero-order valence-electron chi connectivity index (χ0n) is 8.39. The van der Waals surface area contributed by atoms with Gasteiger partial charge in [0.15, 0.2) is 0 Å². The Morgan fingerprint density at radius 1 is 1.69 bits per heavy atom. The summed E-state index contributed by atoms with van der Waals surface area (Å²) in [4.78, 5) is 2.08. The van der Waals surface area contributed by atoms with Gasteiger partial charge in [-0.25, -0.2) is 4.39 Å². The molecular weight excluding hydrogens is 167 g/mol. The van der Waals surface area contributed by atoms with Crippen LogP contribution in [0.1, 0.15) is 33.1 Å². The molecule has 0 aromatic heterocycles. The van der Waals surface area contributed by atoms with Crippen molar-refractivity contribution in [2.75, 3.05) is 13.1 Å². The van der Waals surface area contributed by atoms with E-state index in [0.717, 1.165) is 19.4 Å². The Labute approximate surface area is 79.3 Å². The molecule has 2 nitrogen and oxygen atoms in total. The molecule has 0 bridgehead atoms. The first-order valence-corrected chi connectivity index (χ1v) is 4.95. The first kappa shape index (κ1) is 10.5. The summed E-state index contributed by atoms with van der Waals surface area (Å²) in [7, 11) is 0. The molecule has 74 valence electrons. The van der Waals surface area contributed by atoms with Crippen LogP contribution < -0.4 is 0 Å². The molecule has 0 radical (unpaired) electrons. The van der Waals surface area contributed by atoms with Crippen LogP contribution in [-0.4, -0.2) is 29.7 Å². The van der Waals surface area contributed by atoms with Gasteiger partial charge in [0.05, 0.1) is 0 Å². The highest BCUT2D eigenvalue weighted by molar-refractivity contribution is 5.07. The minimum Gasteiger partial charge on any atom is -0.296 e. The number of nitriles is 1. The van der Waals surface area contributed by atoms with Crippen molar-refractivity contribution in [3.63, 3.8) is 0 Å². The molecule has 0 N–H and O–H groups in total. The fourth-order valence-corrected chi connectivity index (χ4v) is 1.87. The second kappa shape index (κ2) is 4.06. The van der Waals surface area contributed by atoms with E-state index in [1.807, 2.05) is 0 Å². The highest BCUT2D eigenvalue weighted by Gasteiger charge is 2.39. The molecule has 1 aliphatic heterocycles. The van der Waals surface area contributed by atoms with Crippen molar-refractivity contribution in [2.24, 2.45) is 0 Å². The first-order valence-electron chi connectivity index (χ1n) is 4.95. The maximum atomic E-state index is 13.5. The van der Waals surface area contributed by atoms with Crippen molar-refractivity contribution >= 4 is 0 Å². The van der Waals surface area contributed by atoms with Gasteiger partial charge in [-0.15, -0.1) is 0 Å². The number of likely N-dealkylation sites (tertiary alicyclic amines) is 1. The van der Waals surface area contributed by atoms with Crippen molar-refractivity contribution in [1.29, 1.82) is 5.26 Å². The second-order valence-electron chi connectivity index (χ2n) is 3.94. The Bertz CT molecular complexity index is 211. The monoisotopic (exact) mass is 184 g/mol. The molecule has 1 saturated heterocycles. The molecule has 1 heterocycles. The molecule has 0 aromatic rings. The Balaban J connectivity index is 2.46. The molecule has 13 heavy (non-hydrogen) atoms. The average molecular weight is 184 g/mol. The van der Waals surface area contributed by atoms with Crippen LogP contribution in [0, 0.1) is 11.3 Å². The smallest absolute Gasteiger partial charge is 0.209 e. The molecule has 3 heteroatoms. The molecular formula is C10H17FN2. The molecule has 0 aromatic carbocycles. The number of nitrogens with zero attached hydrogens (tertiary/aromatic N) is 2. The average Bonchev–Trinajstić information content (AvgIpc) is 2.50. The number of hydrogen-bond acceptors (Lipinski definition) is 2. The maximum Gasteiger partial charge on any atom is 0.209 e. The van der Waals surface area contributed by atoms with E-state index in [4.69, 9.17) is 5.26 Å². The molecule has 0 aliphatic carbocycles. The van der Waals surface area contributed by atoms with Gasteiger partial charge in [0.2, 0.25) is 5.67 Å². The Morgan fingerprint density at radius 2 is 2.38 bits per heavy atom. The van der Waals surface area contributed by atoms with E-state index in [0.29, 0.717) is 19.0 Å². The van der Waals surface area contributed by atoms with Crippen LogP contribution in [0.25, 0.3) is 0 Å². The van der Waals surface area contributed by atoms with Crippen molar-refractivity contribution < 1.29 is 4.39 Å². The largest absolute Gasteiger partial charge is 0.296 e. The lowest BCUT2D eigenvalue weighted by Gasteiger charge is -2.23. The van der Waals surface area contributed by atoms with E-state index in [1.54, 1.807) is 6.07 Å². The molecule has 1 aliphatic rings. The van der Waals surface area contributed by atoms with E-state index >= 15 is 0 Å². The van der Waals surface area contributed by atoms with Gasteiger partial charge in [0.25, 0.3) is 0 Å². The fourth-order valence-electron chi connectivity index (χ4n) is 1.87. The Morgan fingerprint density at radius 3 is 2.85 bits per heavy atom. The van der Waals surface area contributed by atoms with Crippen molar-refractivity contribution in [2.45, 2.75) is 44.8 Å². The third-order valence-electron chi connectivity index (χ3n) is 2.78. The summed E-state index contributed by atoms with van der Waals surface area (Å²) in [6.07, 6.45) is 2.57. The van der Waals surface area contributed by atoms with Crippen LogP contribution in [0.3, 0.4) is 0 Å². The number of halogens is 1. The summed E-state index contributed by atoms with van der Waals surface area (Å²) in [6, 6.07) is 2.17. The molecule has 1 rings (SSSR count). The quantitative estimate of drug-likeness (QED) is 0.671. The van der Waals surface area contributed by atoms with Crippen molar-refractivity contribution in [3.8, 4) is 6.07 Å². The molecule has 2 atom stereocenters. The van der Waals surface area contributed by atoms with Gasteiger partial charge < -0.3 is 0 Å². The van der Waals surface area contributed by atoms with E-state index in [-0.39, 0.29) is 0 Å². The third-order valence-corrected chi connectivity index (χ3v) is 2.78. The number of rotatable bonds is 3. The predicted molar refractivity (Wildman–Crippen MR) is 50.0 cm³/mol. The second-order valence-corrected chi connectivity index (χ2v) is 3.94. The topological polar surface area (TPSA) is 27.0 Å². The van der Waals surface area contributed by atoms with Gasteiger partial charge in [-0.1, -0.05) is 13.3 Å². The maximum absolute atomic E-state index is 13.5. The van der Waals surface area contributed by atoms with Gasteiger partial charge >= 0.3 is 0 Å². The van der Waals surface area contributed by atoms with Gasteiger partial charge in [0.1, 0.15) is 6.07 Å². The van der Waals surface area contributed by atoms with E-state index < -0.39 is 5.67 Å². The van der Waals surface area contributed by atoms with Crippen LogP contribution in [0.4, 0.5) is 4.39 Å². The van der Waals surface area contributed by atoms with Crippen LogP contribution in [0.5, 0.6) is 0 Å². The number of hydrogen-bond donors (Lipinski definition) is 0. The molecule has 0 amide bonds. The zero-order chi connectivity index (χ0) is 9.90. The van der Waals surface area contributed by atoms with Crippen LogP contribution >= 0.6 is 0 Å². The number of alkyl halides is 1.